The third-order valence-corrected chi connectivity index (χ3v) is 4.51. The number of anilines is 1. The van der Waals surface area contributed by atoms with Crippen LogP contribution < -0.4 is 9.46 Å². The minimum atomic E-state index is -3.83. The minimum absolute atomic E-state index is 0.00246. The second-order valence-electron chi connectivity index (χ2n) is 4.26. The van der Waals surface area contributed by atoms with Crippen molar-refractivity contribution in [1.29, 1.82) is 0 Å². The molecule has 0 aliphatic rings. The van der Waals surface area contributed by atoms with Gasteiger partial charge in [-0.1, -0.05) is 29.8 Å². The molecule has 0 amide bonds. The summed E-state index contributed by atoms with van der Waals surface area (Å²) >= 11 is 5.95. The SMILES string of the molecule is COc1cc(NS(=O)(=O)c2ccccc2)c(Cl)cc1C(=O)O. The predicted octanol–water partition coefficient (Wildman–Crippen LogP) is 2.85. The molecular weight excluding hydrogens is 330 g/mol. The van der Waals surface area contributed by atoms with Gasteiger partial charge in [-0.3, -0.25) is 4.72 Å². The molecule has 0 spiro atoms. The number of hydrogen-bond donors (Lipinski definition) is 2. The lowest BCUT2D eigenvalue weighted by Crippen LogP contribution is -2.13. The normalized spacial score (nSPS) is 11.0. The number of rotatable bonds is 5. The number of sulfonamides is 1. The van der Waals surface area contributed by atoms with Gasteiger partial charge in [-0.05, 0) is 18.2 Å². The average molecular weight is 342 g/mol. The maximum Gasteiger partial charge on any atom is 0.339 e. The number of halogens is 1. The summed E-state index contributed by atoms with van der Waals surface area (Å²) in [5, 5.41) is 9.00. The van der Waals surface area contributed by atoms with Gasteiger partial charge >= 0.3 is 5.97 Å². The van der Waals surface area contributed by atoms with Crippen molar-refractivity contribution >= 4 is 33.3 Å². The van der Waals surface area contributed by atoms with Crippen LogP contribution in [0.2, 0.25) is 5.02 Å². The molecule has 0 atom stereocenters. The summed E-state index contributed by atoms with van der Waals surface area (Å²) in [5.41, 5.74) is -0.123. The molecule has 2 rings (SSSR count). The van der Waals surface area contributed by atoms with Crippen molar-refractivity contribution in [1.82, 2.24) is 0 Å². The molecule has 0 saturated carbocycles. The van der Waals surface area contributed by atoms with Crippen molar-refractivity contribution in [2.24, 2.45) is 0 Å². The van der Waals surface area contributed by atoms with Gasteiger partial charge in [0.05, 0.1) is 22.7 Å². The van der Waals surface area contributed by atoms with E-state index in [1.807, 2.05) is 0 Å². The Balaban J connectivity index is 2.44. The van der Waals surface area contributed by atoms with Crippen LogP contribution in [0.1, 0.15) is 10.4 Å². The second-order valence-corrected chi connectivity index (χ2v) is 6.35. The Morgan fingerprint density at radius 2 is 1.86 bits per heavy atom. The third-order valence-electron chi connectivity index (χ3n) is 2.82. The van der Waals surface area contributed by atoms with E-state index in [9.17, 15) is 13.2 Å². The number of aromatic carboxylic acids is 1. The van der Waals surface area contributed by atoms with E-state index in [1.54, 1.807) is 18.2 Å². The van der Waals surface area contributed by atoms with Crippen molar-refractivity contribution in [2.45, 2.75) is 4.90 Å². The third kappa shape index (κ3) is 3.32. The number of carboxylic acids is 1. The van der Waals surface area contributed by atoms with E-state index in [4.69, 9.17) is 21.4 Å². The lowest BCUT2D eigenvalue weighted by atomic mass is 10.2. The van der Waals surface area contributed by atoms with Gasteiger partial charge in [0.15, 0.2) is 0 Å². The second kappa shape index (κ2) is 6.25. The number of ether oxygens (including phenoxy) is 1. The smallest absolute Gasteiger partial charge is 0.339 e. The van der Waals surface area contributed by atoms with Crippen molar-refractivity contribution in [3.63, 3.8) is 0 Å². The Bertz CT molecular complexity index is 805. The zero-order valence-electron chi connectivity index (χ0n) is 11.4. The molecule has 0 aromatic heterocycles. The first-order valence-electron chi connectivity index (χ1n) is 6.04. The number of benzene rings is 2. The fourth-order valence-corrected chi connectivity index (χ4v) is 3.13. The van der Waals surface area contributed by atoms with Crippen molar-refractivity contribution in [2.75, 3.05) is 11.8 Å². The van der Waals surface area contributed by atoms with Gasteiger partial charge in [0.2, 0.25) is 0 Å². The zero-order valence-corrected chi connectivity index (χ0v) is 13.0. The molecule has 22 heavy (non-hydrogen) atoms. The van der Waals surface area contributed by atoms with Crippen LogP contribution in [0.5, 0.6) is 5.75 Å². The molecule has 0 aliphatic heterocycles. The summed E-state index contributed by atoms with van der Waals surface area (Å²) < 4.78 is 31.7. The molecule has 2 N–H and O–H groups in total. The van der Waals surface area contributed by atoms with Crippen LogP contribution in [0.15, 0.2) is 47.4 Å². The summed E-state index contributed by atoms with van der Waals surface area (Å²) in [6.45, 7) is 0. The van der Waals surface area contributed by atoms with Gasteiger partial charge < -0.3 is 9.84 Å². The molecule has 0 radical (unpaired) electrons. The molecule has 8 heteroatoms. The molecule has 0 saturated heterocycles. The van der Waals surface area contributed by atoms with E-state index < -0.39 is 16.0 Å². The first-order valence-corrected chi connectivity index (χ1v) is 7.90. The number of nitrogens with one attached hydrogen (secondary N) is 1. The highest BCUT2D eigenvalue weighted by atomic mass is 35.5. The zero-order chi connectivity index (χ0) is 16.3. The van der Waals surface area contributed by atoms with Gasteiger partial charge in [0, 0.05) is 6.07 Å². The highest BCUT2D eigenvalue weighted by Gasteiger charge is 2.19. The maximum absolute atomic E-state index is 12.2. The van der Waals surface area contributed by atoms with Crippen molar-refractivity contribution in [3.8, 4) is 5.75 Å². The monoisotopic (exact) mass is 341 g/mol. The summed E-state index contributed by atoms with van der Waals surface area (Å²) in [7, 11) is -2.55. The fourth-order valence-electron chi connectivity index (χ4n) is 1.77. The molecule has 0 bridgehead atoms. The largest absolute Gasteiger partial charge is 0.496 e. The Morgan fingerprint density at radius 1 is 1.23 bits per heavy atom. The number of methoxy groups -OCH3 is 1. The van der Waals surface area contributed by atoms with Crippen molar-refractivity contribution < 1.29 is 23.1 Å². The lowest BCUT2D eigenvalue weighted by molar-refractivity contribution is 0.0693. The van der Waals surface area contributed by atoms with E-state index in [2.05, 4.69) is 4.72 Å². The topological polar surface area (TPSA) is 92.7 Å². The van der Waals surface area contributed by atoms with Crippen LogP contribution in [0.4, 0.5) is 5.69 Å². The van der Waals surface area contributed by atoms with Crippen molar-refractivity contribution in [3.05, 3.63) is 53.1 Å². The lowest BCUT2D eigenvalue weighted by Gasteiger charge is -2.12. The minimum Gasteiger partial charge on any atom is -0.496 e. The maximum atomic E-state index is 12.2. The van der Waals surface area contributed by atoms with Crippen LogP contribution in [-0.2, 0) is 10.0 Å². The summed E-state index contributed by atoms with van der Waals surface area (Å²) in [4.78, 5) is 11.1. The van der Waals surface area contributed by atoms with E-state index in [1.165, 1.54) is 25.3 Å². The van der Waals surface area contributed by atoms with Gasteiger partial charge in [-0.15, -0.1) is 0 Å². The number of hydrogen-bond acceptors (Lipinski definition) is 4. The Morgan fingerprint density at radius 3 is 2.41 bits per heavy atom. The molecule has 0 heterocycles. The molecule has 0 unspecified atom stereocenters. The van der Waals surface area contributed by atoms with Gasteiger partial charge in [-0.25, -0.2) is 13.2 Å². The van der Waals surface area contributed by atoms with Crippen LogP contribution in [-0.4, -0.2) is 26.6 Å². The molecule has 0 aliphatic carbocycles. The first kappa shape index (κ1) is 16.1. The van der Waals surface area contributed by atoms with E-state index >= 15 is 0 Å². The van der Waals surface area contributed by atoms with Crippen LogP contribution in [0.25, 0.3) is 0 Å². The molecule has 6 nitrogen and oxygen atoms in total. The summed E-state index contributed by atoms with van der Waals surface area (Å²) in [5.74, 6) is -1.22. The van der Waals surface area contributed by atoms with E-state index in [-0.39, 0.29) is 26.9 Å². The van der Waals surface area contributed by atoms with Gasteiger partial charge in [0.25, 0.3) is 10.0 Å². The van der Waals surface area contributed by atoms with Crippen LogP contribution in [0.3, 0.4) is 0 Å². The van der Waals surface area contributed by atoms with E-state index in [0.29, 0.717) is 0 Å². The number of carbonyl (C=O) groups is 1. The number of carboxylic acid groups (broad SMARTS) is 1. The Hall–Kier alpha value is -2.25. The molecule has 116 valence electrons. The summed E-state index contributed by atoms with van der Waals surface area (Å²) in [6.07, 6.45) is 0. The molecular formula is C14H12ClNO5S. The average Bonchev–Trinajstić information content (AvgIpc) is 2.49. The fraction of sp³-hybridized carbons (Fsp3) is 0.0714. The van der Waals surface area contributed by atoms with E-state index in [0.717, 1.165) is 6.07 Å². The molecule has 2 aromatic carbocycles. The highest BCUT2D eigenvalue weighted by molar-refractivity contribution is 7.92. The Labute approximate surface area is 132 Å². The summed E-state index contributed by atoms with van der Waals surface area (Å²) in [6, 6.07) is 10.1. The van der Waals surface area contributed by atoms with Gasteiger partial charge in [-0.2, -0.15) is 0 Å². The quantitative estimate of drug-likeness (QED) is 0.872. The van der Waals surface area contributed by atoms with Crippen LogP contribution in [0, 0.1) is 0 Å². The molecule has 2 aromatic rings. The van der Waals surface area contributed by atoms with Crippen LogP contribution >= 0.6 is 11.6 Å². The predicted molar refractivity (Wildman–Crippen MR) is 82.2 cm³/mol. The van der Waals surface area contributed by atoms with Gasteiger partial charge in [0.1, 0.15) is 11.3 Å². The highest BCUT2D eigenvalue weighted by Crippen LogP contribution is 2.32. The molecule has 0 fully saturated rings. The Kier molecular flexibility index (Phi) is 4.58. The standard InChI is InChI=1S/C14H12ClNO5S/c1-21-13-8-12(11(15)7-10(13)14(17)18)16-22(19,20)9-5-3-2-4-6-9/h2-8,16H,1H3,(H,17,18). The first-order chi connectivity index (χ1) is 10.3.